The fraction of sp³-hybridized carbons (Fsp3) is 0.353. The minimum atomic E-state index is -0.313. The number of likely N-dealkylation sites (N-methyl/N-ethyl adjacent to an activating group) is 1. The molecule has 0 aliphatic heterocycles. The van der Waals surface area contributed by atoms with Gasteiger partial charge in [0.25, 0.3) is 11.8 Å². The number of aromatic amines is 1. The number of hydrogen-bond donors (Lipinski definition) is 2. The Hall–Kier alpha value is -2.35. The zero-order chi connectivity index (χ0) is 18.6. The zero-order valence-electron chi connectivity index (χ0n) is 14.6. The van der Waals surface area contributed by atoms with E-state index in [-0.39, 0.29) is 24.3 Å². The van der Waals surface area contributed by atoms with Gasteiger partial charge in [-0.25, -0.2) is 0 Å². The summed E-state index contributed by atoms with van der Waals surface area (Å²) in [6, 6.07) is 6.80. The number of hydrogen-bond acceptors (Lipinski definition) is 4. The smallest absolute Gasteiger partial charge is 0.277 e. The van der Waals surface area contributed by atoms with Crippen LogP contribution in [0.1, 0.15) is 35.9 Å². The summed E-state index contributed by atoms with van der Waals surface area (Å²) in [5.41, 5.74) is 1.79. The van der Waals surface area contributed by atoms with Crippen LogP contribution in [0, 0.1) is 0 Å². The topological polar surface area (TPSA) is 87.3 Å². The molecule has 2 rings (SSSR count). The second kappa shape index (κ2) is 8.15. The first-order chi connectivity index (χ1) is 11.8. The molecule has 2 N–H and O–H groups in total. The molecule has 0 unspecified atom stereocenters. The van der Waals surface area contributed by atoms with Crippen molar-refractivity contribution in [1.29, 1.82) is 0 Å². The van der Waals surface area contributed by atoms with Gasteiger partial charge in [0.2, 0.25) is 0 Å². The number of amides is 2. The predicted octanol–water partition coefficient (Wildman–Crippen LogP) is 3.01. The van der Waals surface area contributed by atoms with E-state index in [1.54, 1.807) is 38.4 Å². The molecule has 0 atom stereocenters. The SMILES string of the molecule is CC(C)c1[nH]nc(C(=O)Nc2ccc(OCC(=O)N(C)C)cc2)c1Br. The lowest BCUT2D eigenvalue weighted by Gasteiger charge is -2.11. The Labute approximate surface area is 154 Å². The molecule has 1 heterocycles. The number of benzene rings is 1. The molecule has 1 aromatic carbocycles. The van der Waals surface area contributed by atoms with E-state index in [9.17, 15) is 9.59 Å². The van der Waals surface area contributed by atoms with E-state index >= 15 is 0 Å². The minimum absolute atomic E-state index is 0.0309. The van der Waals surface area contributed by atoms with Gasteiger partial charge in [-0.2, -0.15) is 5.10 Å². The second-order valence-electron chi connectivity index (χ2n) is 6.01. The molecule has 134 valence electrons. The lowest BCUT2D eigenvalue weighted by molar-refractivity contribution is -0.130. The van der Waals surface area contributed by atoms with Crippen LogP contribution in [-0.2, 0) is 4.79 Å². The summed E-state index contributed by atoms with van der Waals surface area (Å²) in [4.78, 5) is 25.3. The van der Waals surface area contributed by atoms with Gasteiger partial charge in [0.15, 0.2) is 12.3 Å². The van der Waals surface area contributed by atoms with Gasteiger partial charge in [-0.05, 0) is 46.1 Å². The Morgan fingerprint density at radius 1 is 1.28 bits per heavy atom. The summed E-state index contributed by atoms with van der Waals surface area (Å²) in [5, 5.41) is 9.72. The van der Waals surface area contributed by atoms with Crippen LogP contribution in [0.5, 0.6) is 5.75 Å². The quantitative estimate of drug-likeness (QED) is 0.768. The van der Waals surface area contributed by atoms with Gasteiger partial charge in [0.05, 0.1) is 10.2 Å². The van der Waals surface area contributed by atoms with Crippen LogP contribution in [0.4, 0.5) is 5.69 Å². The van der Waals surface area contributed by atoms with Crippen molar-refractivity contribution >= 4 is 33.4 Å². The molecule has 0 aliphatic rings. The van der Waals surface area contributed by atoms with Crippen molar-refractivity contribution in [1.82, 2.24) is 15.1 Å². The highest BCUT2D eigenvalue weighted by atomic mass is 79.9. The maximum Gasteiger partial charge on any atom is 0.277 e. The number of nitrogens with zero attached hydrogens (tertiary/aromatic N) is 2. The van der Waals surface area contributed by atoms with Gasteiger partial charge in [-0.15, -0.1) is 0 Å². The third kappa shape index (κ3) is 4.82. The van der Waals surface area contributed by atoms with E-state index in [0.29, 0.717) is 21.6 Å². The van der Waals surface area contributed by atoms with Crippen molar-refractivity contribution in [3.8, 4) is 5.75 Å². The molecule has 0 saturated carbocycles. The van der Waals surface area contributed by atoms with E-state index in [4.69, 9.17) is 4.74 Å². The number of nitrogens with one attached hydrogen (secondary N) is 2. The summed E-state index contributed by atoms with van der Waals surface area (Å²) in [6.45, 7) is 4.00. The van der Waals surface area contributed by atoms with E-state index in [1.165, 1.54) is 4.90 Å². The number of carbonyl (C=O) groups excluding carboxylic acids is 2. The Morgan fingerprint density at radius 2 is 1.92 bits per heavy atom. The highest BCUT2D eigenvalue weighted by Gasteiger charge is 2.19. The van der Waals surface area contributed by atoms with Crippen molar-refractivity contribution < 1.29 is 14.3 Å². The van der Waals surface area contributed by atoms with Crippen LogP contribution >= 0.6 is 15.9 Å². The molecule has 0 aliphatic carbocycles. The third-order valence-electron chi connectivity index (χ3n) is 3.50. The molecule has 0 saturated heterocycles. The fourth-order valence-corrected chi connectivity index (χ4v) is 2.79. The number of carbonyl (C=O) groups is 2. The Kier molecular flexibility index (Phi) is 6.19. The molecule has 25 heavy (non-hydrogen) atoms. The maximum absolute atomic E-state index is 12.3. The zero-order valence-corrected chi connectivity index (χ0v) is 16.2. The molecular formula is C17H21BrN4O3. The van der Waals surface area contributed by atoms with Crippen molar-refractivity contribution in [2.75, 3.05) is 26.0 Å². The van der Waals surface area contributed by atoms with Gasteiger partial charge in [0, 0.05) is 19.8 Å². The molecule has 2 amide bonds. The summed E-state index contributed by atoms with van der Waals surface area (Å²) in [7, 11) is 3.34. The van der Waals surface area contributed by atoms with E-state index in [2.05, 4.69) is 31.4 Å². The van der Waals surface area contributed by atoms with E-state index in [0.717, 1.165) is 5.69 Å². The second-order valence-corrected chi connectivity index (χ2v) is 6.80. The summed E-state index contributed by atoms with van der Waals surface area (Å²) < 4.78 is 6.06. The number of ether oxygens (including phenoxy) is 1. The third-order valence-corrected chi connectivity index (χ3v) is 4.30. The van der Waals surface area contributed by atoms with E-state index in [1.807, 2.05) is 13.8 Å². The average Bonchev–Trinajstić information content (AvgIpc) is 2.95. The molecule has 0 fully saturated rings. The molecule has 8 heteroatoms. The maximum atomic E-state index is 12.3. The van der Waals surface area contributed by atoms with Crippen LogP contribution in [0.15, 0.2) is 28.7 Å². The van der Waals surface area contributed by atoms with Gasteiger partial charge in [0.1, 0.15) is 5.75 Å². The number of anilines is 1. The van der Waals surface area contributed by atoms with Crippen LogP contribution in [0.2, 0.25) is 0 Å². The number of rotatable bonds is 6. The normalized spacial score (nSPS) is 10.6. The Bertz CT molecular complexity index is 754. The van der Waals surface area contributed by atoms with Crippen LogP contribution in [0.25, 0.3) is 0 Å². The van der Waals surface area contributed by atoms with Gasteiger partial charge in [-0.1, -0.05) is 13.8 Å². The average molecular weight is 409 g/mol. The molecular weight excluding hydrogens is 388 g/mol. The Morgan fingerprint density at radius 3 is 2.44 bits per heavy atom. The summed E-state index contributed by atoms with van der Waals surface area (Å²) in [5.74, 6) is 0.342. The van der Waals surface area contributed by atoms with Crippen LogP contribution in [0.3, 0.4) is 0 Å². The first-order valence-electron chi connectivity index (χ1n) is 7.77. The first kappa shape index (κ1) is 19.0. The predicted molar refractivity (Wildman–Crippen MR) is 99.0 cm³/mol. The van der Waals surface area contributed by atoms with Crippen molar-refractivity contribution in [3.63, 3.8) is 0 Å². The highest BCUT2D eigenvalue weighted by molar-refractivity contribution is 9.10. The van der Waals surface area contributed by atoms with Crippen molar-refractivity contribution in [2.45, 2.75) is 19.8 Å². The van der Waals surface area contributed by atoms with E-state index < -0.39 is 0 Å². The van der Waals surface area contributed by atoms with Crippen molar-refractivity contribution in [3.05, 3.63) is 40.1 Å². The largest absolute Gasteiger partial charge is 0.484 e. The lowest BCUT2D eigenvalue weighted by Crippen LogP contribution is -2.27. The molecule has 2 aromatic rings. The molecule has 0 bridgehead atoms. The standard InChI is InChI=1S/C17H21BrN4O3/c1-10(2)15-14(18)16(21-20-15)17(24)19-11-5-7-12(8-6-11)25-9-13(23)22(3)4/h5-8,10H,9H2,1-4H3,(H,19,24)(H,20,21). The number of aromatic nitrogens is 2. The summed E-state index contributed by atoms with van der Waals surface area (Å²) >= 11 is 3.41. The van der Waals surface area contributed by atoms with Crippen LogP contribution < -0.4 is 10.1 Å². The van der Waals surface area contributed by atoms with Crippen LogP contribution in [-0.4, -0.2) is 47.6 Å². The van der Waals surface area contributed by atoms with Gasteiger partial charge < -0.3 is 15.0 Å². The minimum Gasteiger partial charge on any atom is -0.484 e. The first-order valence-corrected chi connectivity index (χ1v) is 8.57. The molecule has 0 radical (unpaired) electrons. The number of halogens is 1. The molecule has 1 aromatic heterocycles. The highest BCUT2D eigenvalue weighted by Crippen LogP contribution is 2.26. The Balaban J connectivity index is 1.99. The monoisotopic (exact) mass is 408 g/mol. The fourth-order valence-electron chi connectivity index (χ4n) is 1.97. The molecule has 7 nitrogen and oxygen atoms in total. The molecule has 0 spiro atoms. The van der Waals surface area contributed by atoms with Gasteiger partial charge in [-0.3, -0.25) is 14.7 Å². The van der Waals surface area contributed by atoms with Crippen molar-refractivity contribution in [2.24, 2.45) is 0 Å². The lowest BCUT2D eigenvalue weighted by atomic mass is 10.1. The number of H-pyrrole nitrogens is 1. The summed E-state index contributed by atoms with van der Waals surface area (Å²) in [6.07, 6.45) is 0. The van der Waals surface area contributed by atoms with Gasteiger partial charge >= 0.3 is 0 Å².